The number of imidazole rings is 1. The van der Waals surface area contributed by atoms with Gasteiger partial charge in [0.1, 0.15) is 34.6 Å². The lowest BCUT2D eigenvalue weighted by atomic mass is 10.2. The number of halogens is 1. The van der Waals surface area contributed by atoms with Crippen LogP contribution in [0.3, 0.4) is 0 Å². The van der Waals surface area contributed by atoms with Crippen LogP contribution >= 0.6 is 11.6 Å². The molecule has 0 unspecified atom stereocenters. The minimum Gasteiger partial charge on any atom is -0.456 e. The summed E-state index contributed by atoms with van der Waals surface area (Å²) >= 11 is 6.75. The van der Waals surface area contributed by atoms with E-state index in [0.717, 1.165) is 40.8 Å². The first-order valence-corrected chi connectivity index (χ1v) is 16.0. The van der Waals surface area contributed by atoms with Crippen molar-refractivity contribution in [3.8, 4) is 22.8 Å². The van der Waals surface area contributed by atoms with E-state index in [2.05, 4.69) is 44.4 Å². The SMILES string of the molecule is Cc1[nH]ncc1-c1cnc2ccc(Oc3ccc4nc(C)n(COCC[Si](C)(C)C)c4c3)c(Cl)c2n1. The van der Waals surface area contributed by atoms with Crippen molar-refractivity contribution in [3.63, 3.8) is 0 Å². The summed E-state index contributed by atoms with van der Waals surface area (Å²) < 4.78 is 14.3. The molecule has 0 fully saturated rings. The van der Waals surface area contributed by atoms with E-state index in [0.29, 0.717) is 40.0 Å². The summed E-state index contributed by atoms with van der Waals surface area (Å²) in [6, 6.07) is 10.6. The first-order chi connectivity index (χ1) is 17.2. The van der Waals surface area contributed by atoms with Crippen molar-refractivity contribution in [2.24, 2.45) is 0 Å². The summed E-state index contributed by atoms with van der Waals surface area (Å²) in [5.74, 6) is 2.06. The summed E-state index contributed by atoms with van der Waals surface area (Å²) in [6.07, 6.45) is 3.45. The molecule has 0 atom stereocenters. The molecule has 3 aromatic heterocycles. The van der Waals surface area contributed by atoms with Crippen LogP contribution in [-0.4, -0.2) is 44.4 Å². The number of ether oxygens (including phenoxy) is 2. The average Bonchev–Trinajstić information content (AvgIpc) is 3.40. The number of aryl methyl sites for hydroxylation is 2. The molecule has 3 heterocycles. The first-order valence-electron chi connectivity index (χ1n) is 11.9. The van der Waals surface area contributed by atoms with E-state index in [9.17, 15) is 0 Å². The zero-order valence-corrected chi connectivity index (χ0v) is 22.8. The zero-order valence-electron chi connectivity index (χ0n) is 21.1. The fourth-order valence-corrected chi connectivity index (χ4v) is 4.95. The number of aromatic amines is 1. The fraction of sp³-hybridized carbons (Fsp3) is 0.308. The Morgan fingerprint density at radius 1 is 1.03 bits per heavy atom. The van der Waals surface area contributed by atoms with Crippen LogP contribution in [0.5, 0.6) is 11.5 Å². The predicted molar refractivity (Wildman–Crippen MR) is 146 cm³/mol. The molecule has 2 aromatic carbocycles. The third kappa shape index (κ3) is 5.00. The van der Waals surface area contributed by atoms with Gasteiger partial charge >= 0.3 is 0 Å². The van der Waals surface area contributed by atoms with Gasteiger partial charge in [-0.15, -0.1) is 0 Å². The monoisotopic (exact) mass is 520 g/mol. The minimum absolute atomic E-state index is 0.405. The van der Waals surface area contributed by atoms with Gasteiger partial charge in [0.05, 0.1) is 34.6 Å². The lowest BCUT2D eigenvalue weighted by Crippen LogP contribution is -2.22. The molecule has 0 amide bonds. The molecule has 0 aliphatic heterocycles. The largest absolute Gasteiger partial charge is 0.456 e. The Hall–Kier alpha value is -3.27. The number of hydrogen-bond donors (Lipinski definition) is 1. The Morgan fingerprint density at radius 3 is 2.58 bits per heavy atom. The van der Waals surface area contributed by atoms with Crippen LogP contribution in [0.25, 0.3) is 33.3 Å². The number of H-pyrrole nitrogens is 1. The van der Waals surface area contributed by atoms with E-state index in [1.54, 1.807) is 12.4 Å². The molecule has 5 aromatic rings. The summed E-state index contributed by atoms with van der Waals surface area (Å²) in [4.78, 5) is 13.9. The van der Waals surface area contributed by atoms with Gasteiger partial charge in [-0.1, -0.05) is 31.2 Å². The van der Waals surface area contributed by atoms with Gasteiger partial charge in [-0.3, -0.25) is 10.1 Å². The smallest absolute Gasteiger partial charge is 0.148 e. The van der Waals surface area contributed by atoms with Gasteiger partial charge in [-0.2, -0.15) is 5.10 Å². The highest BCUT2D eigenvalue weighted by molar-refractivity contribution is 6.76. The average molecular weight is 521 g/mol. The zero-order chi connectivity index (χ0) is 25.4. The highest BCUT2D eigenvalue weighted by atomic mass is 35.5. The molecule has 0 bridgehead atoms. The van der Waals surface area contributed by atoms with Crippen molar-refractivity contribution in [1.29, 1.82) is 0 Å². The van der Waals surface area contributed by atoms with Crippen LogP contribution in [-0.2, 0) is 11.5 Å². The van der Waals surface area contributed by atoms with Gasteiger partial charge in [0.25, 0.3) is 0 Å². The van der Waals surface area contributed by atoms with Gasteiger partial charge in [0, 0.05) is 32.0 Å². The quantitative estimate of drug-likeness (QED) is 0.180. The molecule has 1 N–H and O–H groups in total. The molecule has 10 heteroatoms. The lowest BCUT2D eigenvalue weighted by Gasteiger charge is -2.16. The first kappa shape index (κ1) is 24.4. The molecule has 8 nitrogen and oxygen atoms in total. The van der Waals surface area contributed by atoms with Crippen LogP contribution < -0.4 is 4.74 Å². The van der Waals surface area contributed by atoms with E-state index in [4.69, 9.17) is 26.1 Å². The minimum atomic E-state index is -1.14. The molecular formula is C26H29ClN6O2Si. The molecule has 5 rings (SSSR count). The van der Waals surface area contributed by atoms with E-state index in [1.807, 2.05) is 44.2 Å². The van der Waals surface area contributed by atoms with Gasteiger partial charge in [0.2, 0.25) is 0 Å². The van der Waals surface area contributed by atoms with Crippen molar-refractivity contribution in [2.75, 3.05) is 6.61 Å². The van der Waals surface area contributed by atoms with Crippen LogP contribution in [0.4, 0.5) is 0 Å². The molecule has 0 saturated heterocycles. The predicted octanol–water partition coefficient (Wildman–Crippen LogP) is 6.74. The second kappa shape index (κ2) is 9.65. The van der Waals surface area contributed by atoms with Gasteiger partial charge in [-0.25, -0.2) is 9.97 Å². The Labute approximate surface area is 215 Å². The standard InChI is InChI=1S/C26H29ClN6O2Si/c1-16-19(13-29-32-16)22-14-28-21-8-9-24(25(27)26(21)31-22)35-18-6-7-20-23(12-18)33(17(2)30-20)15-34-10-11-36(3,4)5/h6-9,12-14H,10-11,15H2,1-5H3,(H,29,32). The summed E-state index contributed by atoms with van der Waals surface area (Å²) in [7, 11) is -1.14. The molecule has 0 saturated carbocycles. The number of aromatic nitrogens is 6. The summed E-state index contributed by atoms with van der Waals surface area (Å²) in [6.45, 7) is 12.2. The van der Waals surface area contributed by atoms with E-state index >= 15 is 0 Å². The van der Waals surface area contributed by atoms with Crippen molar-refractivity contribution in [2.45, 2.75) is 46.3 Å². The Morgan fingerprint density at radius 2 is 1.83 bits per heavy atom. The van der Waals surface area contributed by atoms with Crippen molar-refractivity contribution >= 4 is 41.7 Å². The Balaban J connectivity index is 1.42. The molecule has 0 spiro atoms. The summed E-state index contributed by atoms with van der Waals surface area (Å²) in [5.41, 5.74) is 5.60. The molecule has 0 radical (unpaired) electrons. The van der Waals surface area contributed by atoms with Gasteiger partial charge < -0.3 is 14.0 Å². The molecule has 186 valence electrons. The molecular weight excluding hydrogens is 492 g/mol. The molecule has 0 aliphatic rings. The van der Waals surface area contributed by atoms with Gasteiger partial charge in [-0.05, 0) is 44.2 Å². The van der Waals surface area contributed by atoms with E-state index in [-0.39, 0.29) is 0 Å². The topological polar surface area (TPSA) is 90.7 Å². The van der Waals surface area contributed by atoms with Crippen LogP contribution in [0.2, 0.25) is 30.7 Å². The number of rotatable bonds is 8. The normalized spacial score (nSPS) is 12.1. The highest BCUT2D eigenvalue weighted by Gasteiger charge is 2.16. The number of nitrogens with zero attached hydrogens (tertiary/aromatic N) is 5. The van der Waals surface area contributed by atoms with Crippen molar-refractivity contribution in [3.05, 3.63) is 59.3 Å². The molecule has 0 aliphatic carbocycles. The number of hydrogen-bond acceptors (Lipinski definition) is 6. The van der Waals surface area contributed by atoms with Crippen LogP contribution in [0, 0.1) is 13.8 Å². The second-order valence-corrected chi connectivity index (χ2v) is 16.1. The maximum Gasteiger partial charge on any atom is 0.148 e. The van der Waals surface area contributed by atoms with Crippen LogP contribution in [0.1, 0.15) is 11.5 Å². The Kier molecular flexibility index (Phi) is 6.54. The fourth-order valence-electron chi connectivity index (χ4n) is 3.95. The third-order valence-electron chi connectivity index (χ3n) is 6.08. The van der Waals surface area contributed by atoms with Crippen LogP contribution in [0.15, 0.2) is 42.7 Å². The third-order valence-corrected chi connectivity index (χ3v) is 8.15. The van der Waals surface area contributed by atoms with E-state index < -0.39 is 8.07 Å². The van der Waals surface area contributed by atoms with Crippen molar-refractivity contribution < 1.29 is 9.47 Å². The Bertz CT molecular complexity index is 1560. The van der Waals surface area contributed by atoms with E-state index in [1.165, 1.54) is 0 Å². The highest BCUT2D eigenvalue weighted by Crippen LogP contribution is 2.36. The number of fused-ring (bicyclic) bond motifs is 2. The van der Waals surface area contributed by atoms with Gasteiger partial charge in [0.15, 0.2) is 0 Å². The summed E-state index contributed by atoms with van der Waals surface area (Å²) in [5, 5.41) is 7.41. The second-order valence-electron chi connectivity index (χ2n) is 10.1. The van der Waals surface area contributed by atoms with Crippen molar-refractivity contribution in [1.82, 2.24) is 29.7 Å². The number of nitrogens with one attached hydrogen (secondary N) is 1. The maximum absolute atomic E-state index is 6.75. The lowest BCUT2D eigenvalue weighted by molar-refractivity contribution is 0.0885. The maximum atomic E-state index is 6.75. The molecule has 36 heavy (non-hydrogen) atoms. The number of benzene rings is 2.